The van der Waals surface area contributed by atoms with Crippen molar-refractivity contribution in [3.8, 4) is 11.5 Å². The van der Waals surface area contributed by atoms with Crippen LogP contribution in [0.1, 0.15) is 75.3 Å². The smallest absolute Gasteiger partial charge is 0.145 e. The molecule has 1 atom stereocenters. The van der Waals surface area contributed by atoms with Gasteiger partial charge in [0, 0.05) is 31.5 Å². The van der Waals surface area contributed by atoms with Gasteiger partial charge in [0.1, 0.15) is 17.3 Å². The molecule has 1 aliphatic heterocycles. The lowest BCUT2D eigenvalue weighted by molar-refractivity contribution is -0.120. The Balaban J connectivity index is 1.35. The number of rotatable bonds is 10. The van der Waals surface area contributed by atoms with Gasteiger partial charge in [0.05, 0.1) is 19.4 Å². The van der Waals surface area contributed by atoms with Crippen molar-refractivity contribution in [2.24, 2.45) is 5.92 Å². The molecule has 2 aromatic carbocycles. The van der Waals surface area contributed by atoms with Gasteiger partial charge in [-0.05, 0) is 67.2 Å². The third-order valence-electron chi connectivity index (χ3n) is 7.06. The molecule has 0 spiro atoms. The molecule has 1 saturated carbocycles. The molecule has 1 saturated heterocycles. The summed E-state index contributed by atoms with van der Waals surface area (Å²) in [6.07, 6.45) is 6.41. The van der Waals surface area contributed by atoms with Crippen molar-refractivity contribution in [2.45, 2.75) is 64.2 Å². The Morgan fingerprint density at radius 1 is 1.06 bits per heavy atom. The first-order valence-corrected chi connectivity index (χ1v) is 12.3. The summed E-state index contributed by atoms with van der Waals surface area (Å²) in [4.78, 5) is 14.7. The first kappa shape index (κ1) is 22.7. The number of hydrogen-bond acceptors (Lipinski definition) is 4. The lowest BCUT2D eigenvalue weighted by Crippen LogP contribution is -2.33. The number of ketones is 1. The van der Waals surface area contributed by atoms with Crippen LogP contribution >= 0.6 is 0 Å². The fraction of sp³-hybridized carbons (Fsp3) is 0.536. The monoisotopic (exact) mass is 435 g/mol. The quantitative estimate of drug-likeness (QED) is 0.436. The highest BCUT2D eigenvalue weighted by Crippen LogP contribution is 2.38. The fourth-order valence-corrected chi connectivity index (χ4v) is 4.67. The molecule has 0 aromatic heterocycles. The number of nitrogens with zero attached hydrogens (tertiary/aromatic N) is 1. The molecule has 0 bridgehead atoms. The predicted molar refractivity (Wildman–Crippen MR) is 130 cm³/mol. The van der Waals surface area contributed by atoms with Crippen LogP contribution in [0.2, 0.25) is 0 Å². The number of carbonyl (C=O) groups excluding carboxylic acids is 1. The summed E-state index contributed by atoms with van der Waals surface area (Å²) in [7, 11) is 1.74. The van der Waals surface area contributed by atoms with Gasteiger partial charge < -0.3 is 14.4 Å². The first-order chi connectivity index (χ1) is 15.6. The minimum atomic E-state index is -0.00506. The molecule has 0 amide bonds. The molecule has 2 aromatic rings. The van der Waals surface area contributed by atoms with Crippen molar-refractivity contribution in [1.82, 2.24) is 0 Å². The van der Waals surface area contributed by atoms with E-state index in [9.17, 15) is 4.79 Å². The number of methoxy groups -OCH3 is 1. The number of carbonyl (C=O) groups is 1. The summed E-state index contributed by atoms with van der Waals surface area (Å²) < 4.78 is 11.6. The van der Waals surface area contributed by atoms with Gasteiger partial charge in [-0.25, -0.2) is 0 Å². The number of piperidine rings is 1. The summed E-state index contributed by atoms with van der Waals surface area (Å²) in [5.41, 5.74) is 3.68. The summed E-state index contributed by atoms with van der Waals surface area (Å²) >= 11 is 0. The van der Waals surface area contributed by atoms with Crippen molar-refractivity contribution in [3.63, 3.8) is 0 Å². The minimum absolute atomic E-state index is 0.00506. The maximum atomic E-state index is 12.2. The van der Waals surface area contributed by atoms with Gasteiger partial charge >= 0.3 is 0 Å². The predicted octanol–water partition coefficient (Wildman–Crippen LogP) is 6.34. The highest BCUT2D eigenvalue weighted by atomic mass is 16.5. The van der Waals surface area contributed by atoms with Crippen LogP contribution in [0.4, 0.5) is 5.69 Å². The van der Waals surface area contributed by atoms with E-state index >= 15 is 0 Å². The van der Waals surface area contributed by atoms with Gasteiger partial charge in [-0.2, -0.15) is 0 Å². The van der Waals surface area contributed by atoms with E-state index in [2.05, 4.69) is 48.2 Å². The molecule has 2 fully saturated rings. The van der Waals surface area contributed by atoms with E-state index in [1.54, 1.807) is 7.11 Å². The third-order valence-corrected chi connectivity index (χ3v) is 7.06. The molecule has 4 heteroatoms. The molecule has 32 heavy (non-hydrogen) atoms. The van der Waals surface area contributed by atoms with Gasteiger partial charge in [-0.1, -0.05) is 38.1 Å². The van der Waals surface area contributed by atoms with Crippen molar-refractivity contribution < 1.29 is 14.3 Å². The highest BCUT2D eigenvalue weighted by Gasteiger charge is 2.25. The lowest BCUT2D eigenvalue weighted by atomic mass is 9.87. The number of anilines is 1. The molecule has 4 nitrogen and oxygen atoms in total. The van der Waals surface area contributed by atoms with Gasteiger partial charge in [0.15, 0.2) is 0 Å². The van der Waals surface area contributed by atoms with Crippen molar-refractivity contribution in [2.75, 3.05) is 31.7 Å². The Kier molecular flexibility index (Phi) is 7.39. The SMILES string of the molecule is CCCC(=O)C(C)c1ccc(C2CCN(c3ccc(OCC4CC4)cc3OC)CC2)cc1. The van der Waals surface area contributed by atoms with Crippen LogP contribution in [0, 0.1) is 5.92 Å². The van der Waals surface area contributed by atoms with Crippen LogP contribution in [-0.2, 0) is 4.79 Å². The zero-order valence-electron chi connectivity index (χ0n) is 19.8. The average molecular weight is 436 g/mol. The standard InChI is InChI=1S/C28H37NO3/c1-4-5-27(30)20(2)22-8-10-23(11-9-22)24-14-16-29(17-15-24)26-13-12-25(18-28(26)31-3)32-19-21-6-7-21/h8-13,18,20-21,24H,4-7,14-17,19H2,1-3H3. The fourth-order valence-electron chi connectivity index (χ4n) is 4.67. The molecule has 2 aliphatic rings. The van der Waals surface area contributed by atoms with Gasteiger partial charge in [-0.15, -0.1) is 0 Å². The van der Waals surface area contributed by atoms with E-state index in [4.69, 9.17) is 9.47 Å². The molecular formula is C28H37NO3. The van der Waals surface area contributed by atoms with E-state index in [-0.39, 0.29) is 5.92 Å². The zero-order valence-corrected chi connectivity index (χ0v) is 19.8. The van der Waals surface area contributed by atoms with Crippen LogP contribution in [0.15, 0.2) is 42.5 Å². The first-order valence-electron chi connectivity index (χ1n) is 12.3. The molecule has 0 N–H and O–H groups in total. The number of Topliss-reactive ketones (excluding diaryl/α,β-unsaturated/α-hetero) is 1. The van der Waals surface area contributed by atoms with Crippen molar-refractivity contribution in [3.05, 3.63) is 53.6 Å². The molecule has 172 valence electrons. The van der Waals surface area contributed by atoms with E-state index < -0.39 is 0 Å². The van der Waals surface area contributed by atoms with Crippen LogP contribution in [-0.4, -0.2) is 32.6 Å². The Hall–Kier alpha value is -2.49. The second-order valence-corrected chi connectivity index (χ2v) is 9.45. The Morgan fingerprint density at radius 3 is 2.41 bits per heavy atom. The van der Waals surface area contributed by atoms with E-state index in [0.717, 1.165) is 67.6 Å². The second kappa shape index (κ2) is 10.4. The Labute approximate surface area is 192 Å². The summed E-state index contributed by atoms with van der Waals surface area (Å²) in [5, 5.41) is 0. The topological polar surface area (TPSA) is 38.8 Å². The maximum Gasteiger partial charge on any atom is 0.145 e. The normalized spacial score (nSPS) is 17.8. The zero-order chi connectivity index (χ0) is 22.5. The second-order valence-electron chi connectivity index (χ2n) is 9.45. The van der Waals surface area contributed by atoms with Crippen LogP contribution in [0.3, 0.4) is 0 Å². The third kappa shape index (κ3) is 5.46. The summed E-state index contributed by atoms with van der Waals surface area (Å²) in [5.74, 6) is 3.44. The van der Waals surface area contributed by atoms with Gasteiger partial charge in [0.2, 0.25) is 0 Å². The van der Waals surface area contributed by atoms with Crippen molar-refractivity contribution in [1.29, 1.82) is 0 Å². The lowest BCUT2D eigenvalue weighted by Gasteiger charge is -2.34. The molecule has 1 heterocycles. The van der Waals surface area contributed by atoms with Crippen molar-refractivity contribution >= 4 is 11.5 Å². The van der Waals surface area contributed by atoms with Gasteiger partial charge in [0.25, 0.3) is 0 Å². The minimum Gasteiger partial charge on any atom is -0.494 e. The molecule has 4 rings (SSSR count). The van der Waals surface area contributed by atoms with Crippen LogP contribution < -0.4 is 14.4 Å². The molecular weight excluding hydrogens is 398 g/mol. The number of ether oxygens (including phenoxy) is 2. The average Bonchev–Trinajstić information content (AvgIpc) is 3.67. The Bertz CT molecular complexity index is 895. The summed E-state index contributed by atoms with van der Waals surface area (Å²) in [6.45, 7) is 6.93. The summed E-state index contributed by atoms with van der Waals surface area (Å²) in [6, 6.07) is 15.0. The van der Waals surface area contributed by atoms with E-state index in [0.29, 0.717) is 18.1 Å². The number of hydrogen-bond donors (Lipinski definition) is 0. The van der Waals surface area contributed by atoms with Crippen LogP contribution in [0.25, 0.3) is 0 Å². The number of benzene rings is 2. The van der Waals surface area contributed by atoms with Crippen LogP contribution in [0.5, 0.6) is 11.5 Å². The van der Waals surface area contributed by atoms with Gasteiger partial charge in [-0.3, -0.25) is 4.79 Å². The van der Waals surface area contributed by atoms with E-state index in [1.165, 1.54) is 18.4 Å². The Morgan fingerprint density at radius 2 is 1.78 bits per heavy atom. The molecule has 1 unspecified atom stereocenters. The maximum absolute atomic E-state index is 12.2. The highest BCUT2D eigenvalue weighted by molar-refractivity contribution is 5.85. The molecule has 0 radical (unpaired) electrons. The largest absolute Gasteiger partial charge is 0.494 e. The van der Waals surface area contributed by atoms with E-state index in [1.807, 2.05) is 13.0 Å². The molecule has 1 aliphatic carbocycles.